The Morgan fingerprint density at radius 3 is 2.58 bits per heavy atom. The number of rotatable bonds is 8. The van der Waals surface area contributed by atoms with Gasteiger partial charge in [0.15, 0.2) is 11.5 Å². The number of non-ortho nitro benzene ring substituents is 1. The number of nitrogens with one attached hydrogen (secondary N) is 3. The van der Waals surface area contributed by atoms with E-state index in [0.717, 1.165) is 6.07 Å². The highest BCUT2D eigenvalue weighted by Gasteiger charge is 2.20. The molecule has 1 aliphatic heterocycles. The molecule has 0 spiro atoms. The number of nitro benzene ring substituents is 1. The molecule has 2 heterocycles. The van der Waals surface area contributed by atoms with Gasteiger partial charge in [-0.25, -0.2) is 0 Å². The van der Waals surface area contributed by atoms with Crippen LogP contribution in [0.1, 0.15) is 16.1 Å². The molecule has 1 aliphatic rings. The summed E-state index contributed by atoms with van der Waals surface area (Å²) >= 11 is 0. The lowest BCUT2D eigenvalue weighted by molar-refractivity contribution is -0.384. The molecule has 0 unspecified atom stereocenters. The summed E-state index contributed by atoms with van der Waals surface area (Å²) in [6, 6.07) is 12.0. The van der Waals surface area contributed by atoms with Gasteiger partial charge in [-0.1, -0.05) is 0 Å². The molecule has 0 saturated carbocycles. The summed E-state index contributed by atoms with van der Waals surface area (Å²) in [5, 5.41) is 19.4. The highest BCUT2D eigenvalue weighted by Crippen LogP contribution is 2.33. The summed E-state index contributed by atoms with van der Waals surface area (Å²) in [6.07, 6.45) is 1.53. The monoisotopic (exact) mass is 452 g/mol. The third kappa shape index (κ3) is 5.46. The maximum absolute atomic E-state index is 12.9. The molecule has 11 nitrogen and oxygen atoms in total. The lowest BCUT2D eigenvalue weighted by atomic mass is 10.1. The van der Waals surface area contributed by atoms with Crippen molar-refractivity contribution in [2.45, 2.75) is 6.54 Å². The largest absolute Gasteiger partial charge is 0.486 e. The molecule has 0 saturated heterocycles. The fourth-order valence-corrected chi connectivity index (χ4v) is 3.17. The zero-order chi connectivity index (χ0) is 23.2. The van der Waals surface area contributed by atoms with E-state index in [2.05, 4.69) is 16.0 Å². The third-order valence-electron chi connectivity index (χ3n) is 4.70. The highest BCUT2D eigenvalue weighted by atomic mass is 16.6. The van der Waals surface area contributed by atoms with Crippen LogP contribution in [0.15, 0.2) is 59.2 Å². The fourth-order valence-electron chi connectivity index (χ4n) is 3.17. The van der Waals surface area contributed by atoms with E-state index < -0.39 is 16.7 Å². The first-order chi connectivity index (χ1) is 16.0. The van der Waals surface area contributed by atoms with Gasteiger partial charge in [-0.05, 0) is 30.3 Å². The number of hydrogen-bond acceptors (Lipinski definition) is 8. The molecule has 0 atom stereocenters. The smallest absolute Gasteiger partial charge is 0.270 e. The second kappa shape index (κ2) is 9.83. The Kier molecular flexibility index (Phi) is 6.51. The lowest BCUT2D eigenvalue weighted by Gasteiger charge is -2.19. The Morgan fingerprint density at radius 2 is 1.82 bits per heavy atom. The molecule has 4 rings (SSSR count). The van der Waals surface area contributed by atoms with E-state index >= 15 is 0 Å². The van der Waals surface area contributed by atoms with Crippen molar-refractivity contribution in [3.8, 4) is 11.5 Å². The first-order valence-electron chi connectivity index (χ1n) is 10.0. The van der Waals surface area contributed by atoms with Gasteiger partial charge in [0, 0.05) is 23.9 Å². The van der Waals surface area contributed by atoms with Gasteiger partial charge in [-0.2, -0.15) is 0 Å². The van der Waals surface area contributed by atoms with Gasteiger partial charge in [-0.15, -0.1) is 0 Å². The molecule has 3 N–H and O–H groups in total. The van der Waals surface area contributed by atoms with Crippen LogP contribution in [0.25, 0.3) is 0 Å². The van der Waals surface area contributed by atoms with Crippen molar-refractivity contribution in [2.24, 2.45) is 0 Å². The van der Waals surface area contributed by atoms with Gasteiger partial charge in [-0.3, -0.25) is 19.7 Å². The van der Waals surface area contributed by atoms with Crippen molar-refractivity contribution in [2.75, 3.05) is 30.4 Å². The SMILES string of the molecule is O=C(CNCc1ccco1)Nc1ccc([N+](=O)[O-])cc1C(=O)Nc1ccc2c(c1)OCCO2. The van der Waals surface area contributed by atoms with E-state index in [9.17, 15) is 19.7 Å². The number of nitro groups is 1. The van der Waals surface area contributed by atoms with Gasteiger partial charge in [0.05, 0.1) is 35.5 Å². The molecule has 0 bridgehead atoms. The number of carbonyl (C=O) groups is 2. The number of nitrogens with zero attached hydrogens (tertiary/aromatic N) is 1. The molecule has 3 aromatic rings. The van der Waals surface area contributed by atoms with Crippen molar-refractivity contribution < 1.29 is 28.4 Å². The second-order valence-corrected chi connectivity index (χ2v) is 7.03. The van der Waals surface area contributed by atoms with Crippen molar-refractivity contribution in [3.63, 3.8) is 0 Å². The van der Waals surface area contributed by atoms with Crippen LogP contribution in [0.2, 0.25) is 0 Å². The Balaban J connectivity index is 1.48. The zero-order valence-electron chi connectivity index (χ0n) is 17.3. The maximum Gasteiger partial charge on any atom is 0.270 e. The lowest BCUT2D eigenvalue weighted by Crippen LogP contribution is -2.28. The van der Waals surface area contributed by atoms with E-state index in [1.807, 2.05) is 0 Å². The van der Waals surface area contributed by atoms with E-state index in [0.29, 0.717) is 42.7 Å². The minimum Gasteiger partial charge on any atom is -0.486 e. The van der Waals surface area contributed by atoms with Crippen LogP contribution in [0.5, 0.6) is 11.5 Å². The van der Waals surface area contributed by atoms with Crippen LogP contribution in [0.4, 0.5) is 17.1 Å². The van der Waals surface area contributed by atoms with Crippen LogP contribution in [-0.2, 0) is 11.3 Å². The van der Waals surface area contributed by atoms with Gasteiger partial charge >= 0.3 is 0 Å². The summed E-state index contributed by atoms with van der Waals surface area (Å²) in [4.78, 5) is 35.9. The third-order valence-corrected chi connectivity index (χ3v) is 4.70. The topological polar surface area (TPSA) is 145 Å². The molecule has 11 heteroatoms. The van der Waals surface area contributed by atoms with Crippen molar-refractivity contribution in [3.05, 3.63) is 76.2 Å². The molecule has 0 radical (unpaired) electrons. The molecule has 1 aromatic heterocycles. The summed E-state index contributed by atoms with van der Waals surface area (Å²) in [7, 11) is 0. The number of amides is 2. The first-order valence-corrected chi connectivity index (χ1v) is 10.0. The Morgan fingerprint density at radius 1 is 1.00 bits per heavy atom. The number of hydrogen-bond donors (Lipinski definition) is 3. The quantitative estimate of drug-likeness (QED) is 0.349. The maximum atomic E-state index is 12.9. The van der Waals surface area contributed by atoms with Crippen LogP contribution in [-0.4, -0.2) is 36.5 Å². The van der Waals surface area contributed by atoms with E-state index in [1.165, 1.54) is 18.4 Å². The van der Waals surface area contributed by atoms with Gasteiger partial charge in [0.1, 0.15) is 19.0 Å². The van der Waals surface area contributed by atoms with Gasteiger partial charge < -0.3 is 29.8 Å². The van der Waals surface area contributed by atoms with Crippen LogP contribution in [0.3, 0.4) is 0 Å². The van der Waals surface area contributed by atoms with Crippen LogP contribution >= 0.6 is 0 Å². The van der Waals surface area contributed by atoms with E-state index in [-0.39, 0.29) is 23.5 Å². The van der Waals surface area contributed by atoms with Crippen molar-refractivity contribution >= 4 is 28.9 Å². The Hall–Kier alpha value is -4.38. The number of fused-ring (bicyclic) bond motifs is 1. The first kappa shape index (κ1) is 21.8. The molecular weight excluding hydrogens is 432 g/mol. The molecule has 0 fully saturated rings. The van der Waals surface area contributed by atoms with Crippen molar-refractivity contribution in [1.29, 1.82) is 0 Å². The fraction of sp³-hybridized carbons (Fsp3) is 0.182. The summed E-state index contributed by atoms with van der Waals surface area (Å²) in [5.74, 6) is 0.648. The number of furan rings is 1. The van der Waals surface area contributed by atoms with Crippen LogP contribution < -0.4 is 25.4 Å². The summed E-state index contributed by atoms with van der Waals surface area (Å²) in [6.45, 7) is 1.12. The van der Waals surface area contributed by atoms with Crippen LogP contribution in [0, 0.1) is 10.1 Å². The van der Waals surface area contributed by atoms with E-state index in [1.54, 1.807) is 30.3 Å². The van der Waals surface area contributed by atoms with Gasteiger partial charge in [0.2, 0.25) is 5.91 Å². The van der Waals surface area contributed by atoms with E-state index in [4.69, 9.17) is 13.9 Å². The Labute approximate surface area is 187 Å². The highest BCUT2D eigenvalue weighted by molar-refractivity contribution is 6.10. The number of anilines is 2. The molecule has 0 aliphatic carbocycles. The number of ether oxygens (including phenoxy) is 2. The Bertz CT molecular complexity index is 1180. The number of benzene rings is 2. The number of carbonyl (C=O) groups excluding carboxylic acids is 2. The average Bonchev–Trinajstić information content (AvgIpc) is 3.32. The van der Waals surface area contributed by atoms with Crippen molar-refractivity contribution in [1.82, 2.24) is 5.32 Å². The standard InChI is InChI=1S/C22H20N4O7/c27-21(13-23-12-16-2-1-7-31-16)25-18-5-4-15(26(29)30)11-17(18)22(28)24-14-3-6-19-20(10-14)33-9-8-32-19/h1-7,10-11,23H,8-9,12-13H2,(H,24,28)(H,25,27). The molecule has 2 aromatic carbocycles. The average molecular weight is 452 g/mol. The summed E-state index contributed by atoms with van der Waals surface area (Å²) < 4.78 is 16.1. The zero-order valence-corrected chi connectivity index (χ0v) is 17.3. The molecule has 170 valence electrons. The second-order valence-electron chi connectivity index (χ2n) is 7.03. The minimum absolute atomic E-state index is 0.0547. The predicted octanol–water partition coefficient (Wildman–Crippen LogP) is 2.94. The predicted molar refractivity (Wildman–Crippen MR) is 118 cm³/mol. The van der Waals surface area contributed by atoms with Gasteiger partial charge in [0.25, 0.3) is 11.6 Å². The normalized spacial score (nSPS) is 12.1. The molecular formula is C22H20N4O7. The minimum atomic E-state index is -0.630. The molecule has 33 heavy (non-hydrogen) atoms. The summed E-state index contributed by atoms with van der Waals surface area (Å²) in [5.41, 5.74) is 0.211. The molecule has 2 amide bonds.